The standard InChI is InChI=1S/C16H27NS/c1-7-17-16(10-18-11(2)3)15-9-13(5)12(4)8-14(15)6/h8-9,11,16-17H,7,10H2,1-6H3. The van der Waals surface area contributed by atoms with Crippen molar-refractivity contribution in [2.45, 2.75) is 52.8 Å². The Balaban J connectivity index is 2.94. The summed E-state index contributed by atoms with van der Waals surface area (Å²) >= 11 is 2.03. The highest BCUT2D eigenvalue weighted by atomic mass is 32.2. The Hall–Kier alpha value is -0.470. The van der Waals surface area contributed by atoms with Crippen LogP contribution in [0.4, 0.5) is 0 Å². The monoisotopic (exact) mass is 265 g/mol. The number of thioether (sulfide) groups is 1. The van der Waals surface area contributed by atoms with Crippen molar-refractivity contribution >= 4 is 11.8 Å². The summed E-state index contributed by atoms with van der Waals surface area (Å²) in [5, 5.41) is 4.31. The molecule has 0 bridgehead atoms. The van der Waals surface area contributed by atoms with Crippen molar-refractivity contribution in [1.82, 2.24) is 5.32 Å². The van der Waals surface area contributed by atoms with E-state index in [4.69, 9.17) is 0 Å². The molecule has 1 rings (SSSR count). The van der Waals surface area contributed by atoms with Crippen molar-refractivity contribution in [3.05, 3.63) is 34.4 Å². The summed E-state index contributed by atoms with van der Waals surface area (Å²) < 4.78 is 0. The number of aryl methyl sites for hydroxylation is 3. The van der Waals surface area contributed by atoms with Crippen LogP contribution in [0.2, 0.25) is 0 Å². The summed E-state index contributed by atoms with van der Waals surface area (Å²) in [7, 11) is 0. The van der Waals surface area contributed by atoms with Gasteiger partial charge in [-0.2, -0.15) is 11.8 Å². The first-order valence-corrected chi connectivity index (χ1v) is 7.93. The molecular formula is C16H27NS. The zero-order chi connectivity index (χ0) is 13.7. The third-order valence-corrected chi connectivity index (χ3v) is 4.50. The quantitative estimate of drug-likeness (QED) is 0.818. The third kappa shape index (κ3) is 4.33. The Morgan fingerprint density at radius 3 is 2.22 bits per heavy atom. The molecule has 0 aliphatic carbocycles. The predicted octanol–water partition coefficient (Wildman–Crippen LogP) is 4.40. The van der Waals surface area contributed by atoms with E-state index in [0.29, 0.717) is 11.3 Å². The molecule has 1 aromatic rings. The molecule has 1 aromatic carbocycles. The van der Waals surface area contributed by atoms with Crippen LogP contribution in [-0.4, -0.2) is 17.5 Å². The maximum Gasteiger partial charge on any atom is 0.0414 e. The van der Waals surface area contributed by atoms with Crippen molar-refractivity contribution in [2.75, 3.05) is 12.3 Å². The molecule has 102 valence electrons. The Bertz CT molecular complexity index is 385. The van der Waals surface area contributed by atoms with Gasteiger partial charge in [0.05, 0.1) is 0 Å². The highest BCUT2D eigenvalue weighted by Crippen LogP contribution is 2.26. The van der Waals surface area contributed by atoms with Gasteiger partial charge in [0.2, 0.25) is 0 Å². The third-order valence-electron chi connectivity index (χ3n) is 3.30. The van der Waals surface area contributed by atoms with E-state index in [9.17, 15) is 0 Å². The molecule has 1 unspecified atom stereocenters. The van der Waals surface area contributed by atoms with Crippen LogP contribution in [0.3, 0.4) is 0 Å². The average molecular weight is 265 g/mol. The molecule has 0 heterocycles. The van der Waals surface area contributed by atoms with E-state index in [0.717, 1.165) is 12.3 Å². The van der Waals surface area contributed by atoms with E-state index >= 15 is 0 Å². The first-order chi connectivity index (χ1) is 8.45. The van der Waals surface area contributed by atoms with Gasteiger partial charge in [-0.15, -0.1) is 0 Å². The van der Waals surface area contributed by atoms with Crippen LogP contribution < -0.4 is 5.32 Å². The number of hydrogen-bond acceptors (Lipinski definition) is 2. The first-order valence-electron chi connectivity index (χ1n) is 6.88. The minimum atomic E-state index is 0.474. The minimum absolute atomic E-state index is 0.474. The van der Waals surface area contributed by atoms with Gasteiger partial charge in [0.1, 0.15) is 0 Å². The Labute approximate surface area is 117 Å². The van der Waals surface area contributed by atoms with Gasteiger partial charge < -0.3 is 5.32 Å². The molecule has 0 aliphatic heterocycles. The van der Waals surface area contributed by atoms with Gasteiger partial charge in [-0.1, -0.05) is 32.9 Å². The predicted molar refractivity (Wildman–Crippen MR) is 84.7 cm³/mol. The molecule has 1 N–H and O–H groups in total. The Kier molecular flexibility index (Phi) is 6.24. The van der Waals surface area contributed by atoms with Crippen molar-refractivity contribution < 1.29 is 0 Å². The first kappa shape index (κ1) is 15.6. The van der Waals surface area contributed by atoms with Crippen LogP contribution in [0.15, 0.2) is 12.1 Å². The molecule has 0 spiro atoms. The SMILES string of the molecule is CCNC(CSC(C)C)c1cc(C)c(C)cc1C. The zero-order valence-electron chi connectivity index (χ0n) is 12.6. The lowest BCUT2D eigenvalue weighted by molar-refractivity contribution is 0.602. The largest absolute Gasteiger partial charge is 0.310 e. The van der Waals surface area contributed by atoms with Gasteiger partial charge in [0, 0.05) is 11.8 Å². The molecule has 2 heteroatoms. The summed E-state index contributed by atoms with van der Waals surface area (Å²) in [6, 6.07) is 5.15. The molecule has 0 fully saturated rings. The van der Waals surface area contributed by atoms with E-state index < -0.39 is 0 Å². The van der Waals surface area contributed by atoms with E-state index in [-0.39, 0.29) is 0 Å². The minimum Gasteiger partial charge on any atom is -0.310 e. The van der Waals surface area contributed by atoms with Gasteiger partial charge in [-0.05, 0) is 54.8 Å². The van der Waals surface area contributed by atoms with Crippen molar-refractivity contribution in [3.8, 4) is 0 Å². The molecule has 18 heavy (non-hydrogen) atoms. The fraction of sp³-hybridized carbons (Fsp3) is 0.625. The van der Waals surface area contributed by atoms with E-state index in [1.807, 2.05) is 11.8 Å². The molecule has 0 saturated heterocycles. The summed E-state index contributed by atoms with van der Waals surface area (Å²) in [6.07, 6.45) is 0. The van der Waals surface area contributed by atoms with Crippen LogP contribution in [0.5, 0.6) is 0 Å². The Morgan fingerprint density at radius 1 is 1.06 bits per heavy atom. The summed E-state index contributed by atoms with van der Waals surface area (Å²) in [5.41, 5.74) is 5.66. The molecule has 1 nitrogen and oxygen atoms in total. The van der Waals surface area contributed by atoms with Crippen LogP contribution in [-0.2, 0) is 0 Å². The van der Waals surface area contributed by atoms with Gasteiger partial charge in [0.25, 0.3) is 0 Å². The van der Waals surface area contributed by atoms with Crippen molar-refractivity contribution in [3.63, 3.8) is 0 Å². The van der Waals surface area contributed by atoms with Gasteiger partial charge in [0.15, 0.2) is 0 Å². The average Bonchev–Trinajstić information content (AvgIpc) is 2.29. The second-order valence-corrected chi connectivity index (χ2v) is 6.89. The second-order valence-electron chi connectivity index (χ2n) is 5.29. The molecular weight excluding hydrogens is 238 g/mol. The van der Waals surface area contributed by atoms with Gasteiger partial charge in [-0.3, -0.25) is 0 Å². The molecule has 0 radical (unpaired) electrons. The summed E-state index contributed by atoms with van der Waals surface area (Å²) in [6.45, 7) is 14.4. The highest BCUT2D eigenvalue weighted by molar-refractivity contribution is 7.99. The lowest BCUT2D eigenvalue weighted by Crippen LogP contribution is -2.24. The highest BCUT2D eigenvalue weighted by Gasteiger charge is 2.14. The van der Waals surface area contributed by atoms with Gasteiger partial charge in [-0.25, -0.2) is 0 Å². The molecule has 0 saturated carbocycles. The fourth-order valence-electron chi connectivity index (χ4n) is 2.15. The van der Waals surface area contributed by atoms with E-state index in [1.165, 1.54) is 22.3 Å². The maximum atomic E-state index is 3.62. The van der Waals surface area contributed by atoms with E-state index in [2.05, 4.69) is 59.0 Å². The Morgan fingerprint density at radius 2 is 1.67 bits per heavy atom. The lowest BCUT2D eigenvalue weighted by atomic mass is 9.96. The smallest absolute Gasteiger partial charge is 0.0414 e. The van der Waals surface area contributed by atoms with Gasteiger partial charge >= 0.3 is 0 Å². The van der Waals surface area contributed by atoms with Crippen molar-refractivity contribution in [1.29, 1.82) is 0 Å². The number of nitrogens with one attached hydrogen (secondary N) is 1. The number of rotatable bonds is 6. The lowest BCUT2D eigenvalue weighted by Gasteiger charge is -2.22. The van der Waals surface area contributed by atoms with E-state index in [1.54, 1.807) is 0 Å². The normalized spacial score (nSPS) is 13.1. The molecule has 0 aromatic heterocycles. The van der Waals surface area contributed by atoms with Crippen LogP contribution >= 0.6 is 11.8 Å². The van der Waals surface area contributed by atoms with Crippen LogP contribution in [0, 0.1) is 20.8 Å². The second kappa shape index (κ2) is 7.20. The molecule has 0 amide bonds. The van der Waals surface area contributed by atoms with Crippen LogP contribution in [0.25, 0.3) is 0 Å². The summed E-state index contributed by atoms with van der Waals surface area (Å²) in [5.74, 6) is 1.15. The van der Waals surface area contributed by atoms with Crippen molar-refractivity contribution in [2.24, 2.45) is 0 Å². The number of hydrogen-bond donors (Lipinski definition) is 1. The number of benzene rings is 1. The maximum absolute atomic E-state index is 3.62. The van der Waals surface area contributed by atoms with Crippen LogP contribution in [0.1, 0.15) is 49.1 Å². The zero-order valence-corrected chi connectivity index (χ0v) is 13.4. The molecule has 1 atom stereocenters. The topological polar surface area (TPSA) is 12.0 Å². The summed E-state index contributed by atoms with van der Waals surface area (Å²) in [4.78, 5) is 0. The fourth-order valence-corrected chi connectivity index (χ4v) is 3.03. The molecule has 0 aliphatic rings.